The van der Waals surface area contributed by atoms with Gasteiger partial charge in [0, 0.05) is 16.6 Å². The van der Waals surface area contributed by atoms with Crippen molar-refractivity contribution in [2.45, 2.75) is 32.4 Å². The number of nitrogens with two attached hydrogens (primary N) is 1. The second kappa shape index (κ2) is 7.68. The molecule has 2 aromatic rings. The highest BCUT2D eigenvalue weighted by atomic mass is 32.1. The predicted octanol–water partition coefficient (Wildman–Crippen LogP) is 3.18. The number of rotatable bonds is 6. The van der Waals surface area contributed by atoms with E-state index in [1.54, 1.807) is 16.2 Å². The Morgan fingerprint density at radius 2 is 2.08 bits per heavy atom. The van der Waals surface area contributed by atoms with E-state index >= 15 is 0 Å². The lowest BCUT2D eigenvalue weighted by atomic mass is 10.1. The number of nitrogens with zero attached hydrogens (tertiary/aromatic N) is 1. The number of fused-ring (bicyclic) bond motifs is 1. The van der Waals surface area contributed by atoms with Gasteiger partial charge in [-0.2, -0.15) is 0 Å². The van der Waals surface area contributed by atoms with Gasteiger partial charge in [0.2, 0.25) is 5.91 Å². The quantitative estimate of drug-likeness (QED) is 0.872. The first kappa shape index (κ1) is 16.8. The number of anilines is 1. The summed E-state index contributed by atoms with van der Waals surface area (Å²) in [4.78, 5) is 15.7. The van der Waals surface area contributed by atoms with Gasteiger partial charge in [0.05, 0.1) is 12.6 Å². The van der Waals surface area contributed by atoms with Crippen LogP contribution in [-0.2, 0) is 11.3 Å². The molecule has 0 bridgehead atoms. The van der Waals surface area contributed by atoms with Crippen molar-refractivity contribution >= 4 is 22.9 Å². The molecule has 0 spiro atoms. The molecule has 3 rings (SSSR count). The van der Waals surface area contributed by atoms with Crippen LogP contribution in [0.4, 0.5) is 5.69 Å². The predicted molar refractivity (Wildman–Crippen MR) is 95.8 cm³/mol. The van der Waals surface area contributed by atoms with E-state index in [9.17, 15) is 4.79 Å². The molecular formula is C18H22N2O3S. The first-order valence-electron chi connectivity index (χ1n) is 8.18. The van der Waals surface area contributed by atoms with Crippen LogP contribution in [-0.4, -0.2) is 25.2 Å². The molecule has 1 atom stereocenters. The highest BCUT2D eigenvalue weighted by Crippen LogP contribution is 2.35. The summed E-state index contributed by atoms with van der Waals surface area (Å²) in [6, 6.07) is 9.11. The maximum Gasteiger partial charge on any atom is 0.244 e. The second-order valence-electron chi connectivity index (χ2n) is 5.73. The fraction of sp³-hybridized carbons (Fsp3) is 0.389. The van der Waals surface area contributed by atoms with E-state index in [1.165, 1.54) is 0 Å². The summed E-state index contributed by atoms with van der Waals surface area (Å²) in [7, 11) is 0. The Kier molecular flexibility index (Phi) is 5.37. The Bertz CT molecular complexity index is 688. The molecule has 1 unspecified atom stereocenters. The van der Waals surface area contributed by atoms with E-state index in [-0.39, 0.29) is 5.91 Å². The second-order valence-corrected chi connectivity index (χ2v) is 6.76. The zero-order valence-corrected chi connectivity index (χ0v) is 14.6. The highest BCUT2D eigenvalue weighted by Gasteiger charge is 2.24. The van der Waals surface area contributed by atoms with Crippen molar-refractivity contribution in [2.24, 2.45) is 5.73 Å². The molecular weight excluding hydrogens is 324 g/mol. The van der Waals surface area contributed by atoms with Gasteiger partial charge in [0.1, 0.15) is 13.2 Å². The van der Waals surface area contributed by atoms with Crippen molar-refractivity contribution in [3.63, 3.8) is 0 Å². The van der Waals surface area contributed by atoms with Gasteiger partial charge < -0.3 is 20.1 Å². The highest BCUT2D eigenvalue weighted by molar-refractivity contribution is 7.09. The van der Waals surface area contributed by atoms with Crippen molar-refractivity contribution in [3.8, 4) is 11.5 Å². The van der Waals surface area contributed by atoms with E-state index in [0.29, 0.717) is 37.7 Å². The van der Waals surface area contributed by atoms with Crippen LogP contribution in [0.1, 0.15) is 24.6 Å². The van der Waals surface area contributed by atoms with Crippen LogP contribution >= 0.6 is 11.3 Å². The van der Waals surface area contributed by atoms with Gasteiger partial charge in [-0.05, 0) is 30.0 Å². The summed E-state index contributed by atoms with van der Waals surface area (Å²) in [6.07, 6.45) is 1.55. The summed E-state index contributed by atoms with van der Waals surface area (Å²) in [5, 5.41) is 2.01. The van der Waals surface area contributed by atoms with Crippen LogP contribution in [0.3, 0.4) is 0 Å². The van der Waals surface area contributed by atoms with E-state index in [0.717, 1.165) is 17.0 Å². The standard InChI is InChI=1S/C18H22N2O3S/c1-2-4-15(19)18(21)20(12-14-5-3-10-24-14)13-6-7-16-17(11-13)23-9-8-22-16/h3,5-7,10-11,15H,2,4,8-9,12,19H2,1H3. The molecule has 1 amide bonds. The molecule has 5 nitrogen and oxygen atoms in total. The molecule has 0 aliphatic carbocycles. The molecule has 1 aromatic heterocycles. The third-order valence-corrected chi connectivity index (χ3v) is 4.78. The molecule has 2 N–H and O–H groups in total. The molecule has 128 valence electrons. The number of hydrogen-bond donors (Lipinski definition) is 1. The summed E-state index contributed by atoms with van der Waals surface area (Å²) in [5.74, 6) is 1.32. The third-order valence-electron chi connectivity index (χ3n) is 3.91. The van der Waals surface area contributed by atoms with E-state index < -0.39 is 6.04 Å². The van der Waals surface area contributed by atoms with Gasteiger partial charge in [-0.1, -0.05) is 19.4 Å². The average molecular weight is 346 g/mol. The first-order chi connectivity index (χ1) is 11.7. The fourth-order valence-corrected chi connectivity index (χ4v) is 3.38. The largest absolute Gasteiger partial charge is 0.486 e. The molecule has 0 radical (unpaired) electrons. The van der Waals surface area contributed by atoms with Gasteiger partial charge in [0.15, 0.2) is 11.5 Å². The van der Waals surface area contributed by atoms with Crippen molar-refractivity contribution in [1.29, 1.82) is 0 Å². The number of carbonyl (C=O) groups is 1. The fourth-order valence-electron chi connectivity index (χ4n) is 2.69. The van der Waals surface area contributed by atoms with Crippen LogP contribution in [0.5, 0.6) is 11.5 Å². The van der Waals surface area contributed by atoms with Crippen LogP contribution in [0, 0.1) is 0 Å². The molecule has 0 fully saturated rings. The van der Waals surface area contributed by atoms with E-state index in [4.69, 9.17) is 15.2 Å². The van der Waals surface area contributed by atoms with Crippen molar-refractivity contribution in [3.05, 3.63) is 40.6 Å². The monoisotopic (exact) mass is 346 g/mol. The zero-order valence-electron chi connectivity index (χ0n) is 13.7. The summed E-state index contributed by atoms with van der Waals surface area (Å²) in [5.41, 5.74) is 6.87. The minimum atomic E-state index is -0.497. The maximum atomic E-state index is 12.9. The van der Waals surface area contributed by atoms with E-state index in [2.05, 4.69) is 0 Å². The Labute approximate surface area is 146 Å². The lowest BCUT2D eigenvalue weighted by molar-refractivity contribution is -0.120. The van der Waals surface area contributed by atoms with E-state index in [1.807, 2.05) is 42.6 Å². The topological polar surface area (TPSA) is 64.8 Å². The molecule has 6 heteroatoms. The number of ether oxygens (including phenoxy) is 2. The van der Waals surface area contributed by atoms with Gasteiger partial charge in [0.25, 0.3) is 0 Å². The zero-order chi connectivity index (χ0) is 16.9. The third kappa shape index (κ3) is 3.71. The van der Waals surface area contributed by atoms with Crippen molar-refractivity contribution in [2.75, 3.05) is 18.1 Å². The SMILES string of the molecule is CCCC(N)C(=O)N(Cc1cccs1)c1ccc2c(c1)OCCO2. The number of amides is 1. The summed E-state index contributed by atoms with van der Waals surface area (Å²) < 4.78 is 11.2. The normalized spacial score (nSPS) is 14.2. The number of carbonyl (C=O) groups excluding carboxylic acids is 1. The van der Waals surface area contributed by atoms with Crippen LogP contribution in [0.25, 0.3) is 0 Å². The Hall–Kier alpha value is -2.05. The minimum Gasteiger partial charge on any atom is -0.486 e. The Balaban J connectivity index is 1.89. The maximum absolute atomic E-state index is 12.9. The summed E-state index contributed by atoms with van der Waals surface area (Å²) >= 11 is 1.63. The molecule has 24 heavy (non-hydrogen) atoms. The van der Waals surface area contributed by atoms with Crippen molar-refractivity contribution in [1.82, 2.24) is 0 Å². The Morgan fingerprint density at radius 1 is 1.29 bits per heavy atom. The molecule has 1 aliphatic rings. The molecule has 1 aromatic carbocycles. The minimum absolute atomic E-state index is 0.0677. The number of thiophene rings is 1. The Morgan fingerprint density at radius 3 is 2.79 bits per heavy atom. The van der Waals surface area contributed by atoms with Gasteiger partial charge in [-0.25, -0.2) is 0 Å². The molecule has 1 aliphatic heterocycles. The smallest absolute Gasteiger partial charge is 0.244 e. The van der Waals surface area contributed by atoms with Crippen molar-refractivity contribution < 1.29 is 14.3 Å². The van der Waals surface area contributed by atoms with Gasteiger partial charge >= 0.3 is 0 Å². The molecule has 2 heterocycles. The lowest BCUT2D eigenvalue weighted by Gasteiger charge is -2.27. The van der Waals surface area contributed by atoms with Crippen LogP contribution in [0.2, 0.25) is 0 Å². The van der Waals surface area contributed by atoms with Gasteiger partial charge in [-0.15, -0.1) is 11.3 Å². The molecule has 0 saturated heterocycles. The molecule has 0 saturated carbocycles. The average Bonchev–Trinajstić information content (AvgIpc) is 3.12. The number of benzene rings is 1. The summed E-state index contributed by atoms with van der Waals surface area (Å²) in [6.45, 7) is 3.60. The lowest BCUT2D eigenvalue weighted by Crippen LogP contribution is -2.43. The van der Waals surface area contributed by atoms with Gasteiger partial charge in [-0.3, -0.25) is 4.79 Å². The van der Waals surface area contributed by atoms with Crippen LogP contribution < -0.4 is 20.1 Å². The van der Waals surface area contributed by atoms with Crippen LogP contribution in [0.15, 0.2) is 35.7 Å². The first-order valence-corrected chi connectivity index (χ1v) is 9.06. The number of hydrogen-bond acceptors (Lipinski definition) is 5.